The van der Waals surface area contributed by atoms with Gasteiger partial charge in [0, 0.05) is 36.4 Å². The molecular formula is C19H23F3N4O3S. The van der Waals surface area contributed by atoms with Gasteiger partial charge in [-0.15, -0.1) is 11.3 Å². The highest BCUT2D eigenvalue weighted by molar-refractivity contribution is 7.14. The first-order valence-electron chi connectivity index (χ1n) is 9.33. The summed E-state index contributed by atoms with van der Waals surface area (Å²) in [5.41, 5.74) is 1.12. The highest BCUT2D eigenvalue weighted by Crippen LogP contribution is 2.32. The number of hydrogen-bond donors (Lipinski definition) is 2. The van der Waals surface area contributed by atoms with Crippen LogP contribution in [0.1, 0.15) is 40.5 Å². The number of hydrogen-bond acceptors (Lipinski definition) is 6. The normalized spacial score (nSPS) is 13.3. The maximum Gasteiger partial charge on any atom is 0.490 e. The second kappa shape index (κ2) is 10.4. The number of anilines is 1. The number of aromatic nitrogens is 2. The predicted molar refractivity (Wildman–Crippen MR) is 107 cm³/mol. The first kappa shape index (κ1) is 23.6. The second-order valence-corrected chi connectivity index (χ2v) is 7.91. The van der Waals surface area contributed by atoms with Crippen LogP contribution >= 0.6 is 11.3 Å². The Labute approximate surface area is 176 Å². The van der Waals surface area contributed by atoms with Crippen LogP contribution in [0, 0.1) is 0 Å². The van der Waals surface area contributed by atoms with Gasteiger partial charge >= 0.3 is 12.1 Å². The fraction of sp³-hybridized carbons (Fsp3) is 0.474. The van der Waals surface area contributed by atoms with Gasteiger partial charge in [-0.05, 0) is 44.7 Å². The smallest absolute Gasteiger partial charge is 0.475 e. The van der Waals surface area contributed by atoms with Gasteiger partial charge in [0.2, 0.25) is 0 Å². The number of rotatable bonds is 5. The van der Waals surface area contributed by atoms with E-state index in [1.54, 1.807) is 6.20 Å². The van der Waals surface area contributed by atoms with Crippen LogP contribution in [0.2, 0.25) is 0 Å². The monoisotopic (exact) mass is 444 g/mol. The van der Waals surface area contributed by atoms with Crippen molar-refractivity contribution >= 4 is 29.0 Å². The lowest BCUT2D eigenvalue weighted by Crippen LogP contribution is -2.35. The Morgan fingerprint density at radius 3 is 2.63 bits per heavy atom. The number of halogens is 3. The molecule has 2 N–H and O–H groups in total. The number of pyridine rings is 1. The number of nitrogens with zero attached hydrogens (tertiary/aromatic N) is 3. The van der Waals surface area contributed by atoms with E-state index in [4.69, 9.17) is 9.90 Å². The standard InChI is InChI=1S/C17H22N4OS.C2HF3O2/c1-12(2)21-10-4-6-14-15(21)20-17(23-14)16(22)19-9-7-13-5-3-8-18-11-13;3-2(4,5)1(6)7/h3,5,8,11-12H,4,6-7,9-10H2,1-2H3,(H,19,22);(H,6,7). The van der Waals surface area contributed by atoms with Crippen LogP contribution in [-0.2, 0) is 17.6 Å². The Kier molecular flexibility index (Phi) is 8.16. The van der Waals surface area contributed by atoms with Crippen molar-refractivity contribution in [1.29, 1.82) is 0 Å². The number of thiazole rings is 1. The summed E-state index contributed by atoms with van der Waals surface area (Å²) >= 11 is 1.53. The Morgan fingerprint density at radius 2 is 2.07 bits per heavy atom. The molecule has 0 aromatic carbocycles. The van der Waals surface area contributed by atoms with Gasteiger partial charge in [0.15, 0.2) is 5.01 Å². The SMILES string of the molecule is CC(C)N1CCCc2sc(C(=O)NCCc3cccnc3)nc21.O=C(O)C(F)(F)F. The van der Waals surface area contributed by atoms with E-state index in [1.165, 1.54) is 16.2 Å². The van der Waals surface area contributed by atoms with Gasteiger partial charge in [-0.2, -0.15) is 13.2 Å². The first-order valence-corrected chi connectivity index (χ1v) is 10.1. The first-order chi connectivity index (χ1) is 14.1. The van der Waals surface area contributed by atoms with E-state index in [2.05, 4.69) is 34.0 Å². The molecule has 2 aromatic heterocycles. The van der Waals surface area contributed by atoms with Crippen LogP contribution in [0.4, 0.5) is 19.0 Å². The third-order valence-corrected chi connectivity index (χ3v) is 5.34. The highest BCUT2D eigenvalue weighted by atomic mass is 32.1. The number of carboxylic acid groups (broad SMARTS) is 1. The minimum atomic E-state index is -5.08. The minimum Gasteiger partial charge on any atom is -0.475 e. The summed E-state index contributed by atoms with van der Waals surface area (Å²) < 4.78 is 31.7. The van der Waals surface area contributed by atoms with Gasteiger partial charge in [0.25, 0.3) is 5.91 Å². The lowest BCUT2D eigenvalue weighted by molar-refractivity contribution is -0.192. The Hall–Kier alpha value is -2.69. The number of aliphatic carboxylic acids is 1. The average Bonchev–Trinajstić information content (AvgIpc) is 3.12. The topological polar surface area (TPSA) is 95.4 Å². The summed E-state index contributed by atoms with van der Waals surface area (Å²) in [5, 5.41) is 10.7. The predicted octanol–water partition coefficient (Wildman–Crippen LogP) is 3.30. The summed E-state index contributed by atoms with van der Waals surface area (Å²) in [7, 11) is 0. The van der Waals surface area contributed by atoms with Crippen LogP contribution in [-0.4, -0.2) is 52.3 Å². The molecule has 1 amide bonds. The van der Waals surface area contributed by atoms with E-state index in [1.807, 2.05) is 18.3 Å². The minimum absolute atomic E-state index is 0.0722. The van der Waals surface area contributed by atoms with Gasteiger partial charge in [-0.1, -0.05) is 6.07 Å². The molecule has 0 bridgehead atoms. The van der Waals surface area contributed by atoms with Crippen molar-refractivity contribution in [3.05, 3.63) is 40.0 Å². The zero-order valence-electron chi connectivity index (χ0n) is 16.6. The van der Waals surface area contributed by atoms with E-state index < -0.39 is 12.1 Å². The van der Waals surface area contributed by atoms with Gasteiger partial charge in [0.1, 0.15) is 5.82 Å². The Morgan fingerprint density at radius 1 is 1.37 bits per heavy atom. The van der Waals surface area contributed by atoms with Crippen LogP contribution in [0.15, 0.2) is 24.5 Å². The van der Waals surface area contributed by atoms with Crippen molar-refractivity contribution in [3.8, 4) is 0 Å². The molecule has 3 rings (SSSR count). The van der Waals surface area contributed by atoms with Gasteiger partial charge < -0.3 is 15.3 Å². The fourth-order valence-electron chi connectivity index (χ4n) is 2.79. The zero-order chi connectivity index (χ0) is 22.3. The number of fused-ring (bicyclic) bond motifs is 1. The third kappa shape index (κ3) is 6.68. The van der Waals surface area contributed by atoms with Gasteiger partial charge in [-0.3, -0.25) is 9.78 Å². The van der Waals surface area contributed by atoms with Crippen LogP contribution in [0.25, 0.3) is 0 Å². The van der Waals surface area contributed by atoms with Crippen molar-refractivity contribution in [2.75, 3.05) is 18.0 Å². The average molecular weight is 444 g/mol. The molecule has 0 unspecified atom stereocenters. The van der Waals surface area contributed by atoms with Crippen molar-refractivity contribution in [2.45, 2.75) is 45.3 Å². The number of nitrogens with one attached hydrogen (secondary N) is 1. The molecule has 30 heavy (non-hydrogen) atoms. The molecule has 2 aromatic rings. The molecule has 11 heteroatoms. The molecule has 0 radical (unpaired) electrons. The molecule has 0 saturated carbocycles. The van der Waals surface area contributed by atoms with E-state index in [0.29, 0.717) is 17.6 Å². The summed E-state index contributed by atoms with van der Waals surface area (Å²) in [5.74, 6) is -1.82. The van der Waals surface area contributed by atoms with Crippen molar-refractivity contribution in [2.24, 2.45) is 0 Å². The number of amides is 1. The molecule has 3 heterocycles. The molecule has 0 saturated heterocycles. The summed E-state index contributed by atoms with van der Waals surface area (Å²) in [6.45, 7) is 5.96. The maximum absolute atomic E-state index is 12.3. The number of aryl methyl sites for hydroxylation is 1. The van der Waals surface area contributed by atoms with Gasteiger partial charge in [-0.25, -0.2) is 9.78 Å². The van der Waals surface area contributed by atoms with Crippen LogP contribution in [0.3, 0.4) is 0 Å². The zero-order valence-corrected chi connectivity index (χ0v) is 17.4. The van der Waals surface area contributed by atoms with Crippen molar-refractivity contribution in [3.63, 3.8) is 0 Å². The number of carbonyl (C=O) groups excluding carboxylic acids is 1. The summed E-state index contributed by atoms with van der Waals surface area (Å²) in [4.78, 5) is 33.4. The van der Waals surface area contributed by atoms with Gasteiger partial charge in [0.05, 0.1) is 0 Å². The molecular weight excluding hydrogens is 421 g/mol. The highest BCUT2D eigenvalue weighted by Gasteiger charge is 2.38. The molecule has 1 aliphatic rings. The van der Waals surface area contributed by atoms with E-state index in [9.17, 15) is 18.0 Å². The number of carboxylic acids is 1. The largest absolute Gasteiger partial charge is 0.490 e. The lowest BCUT2D eigenvalue weighted by Gasteiger charge is -2.31. The second-order valence-electron chi connectivity index (χ2n) is 6.83. The molecule has 0 atom stereocenters. The molecule has 1 aliphatic heterocycles. The molecule has 7 nitrogen and oxygen atoms in total. The molecule has 0 fully saturated rings. The molecule has 0 spiro atoms. The van der Waals surface area contributed by atoms with Crippen molar-refractivity contribution < 1.29 is 27.9 Å². The summed E-state index contributed by atoms with van der Waals surface area (Å²) in [6, 6.07) is 4.34. The van der Waals surface area contributed by atoms with Crippen molar-refractivity contribution in [1.82, 2.24) is 15.3 Å². The lowest BCUT2D eigenvalue weighted by atomic mass is 10.1. The third-order valence-electron chi connectivity index (χ3n) is 4.23. The van der Waals surface area contributed by atoms with E-state index in [-0.39, 0.29) is 5.91 Å². The number of alkyl halides is 3. The quantitative estimate of drug-likeness (QED) is 0.735. The van der Waals surface area contributed by atoms with E-state index in [0.717, 1.165) is 37.2 Å². The number of carbonyl (C=O) groups is 2. The maximum atomic E-state index is 12.3. The molecule has 164 valence electrons. The fourth-order valence-corrected chi connectivity index (χ4v) is 3.82. The summed E-state index contributed by atoms with van der Waals surface area (Å²) in [6.07, 6.45) is 1.44. The van der Waals surface area contributed by atoms with Crippen LogP contribution < -0.4 is 10.2 Å². The Balaban J connectivity index is 0.000000396. The van der Waals surface area contributed by atoms with Crippen LogP contribution in [0.5, 0.6) is 0 Å². The van der Waals surface area contributed by atoms with E-state index >= 15 is 0 Å². The molecule has 0 aliphatic carbocycles. The Bertz CT molecular complexity index is 856.